The lowest BCUT2D eigenvalue weighted by atomic mass is 9.87. The van der Waals surface area contributed by atoms with Crippen LogP contribution in [0, 0.1) is 17.8 Å². The molecule has 5 rings (SSSR count). The Hall–Kier alpha value is -1.91. The summed E-state index contributed by atoms with van der Waals surface area (Å²) in [6.45, 7) is 3.77. The number of amides is 1. The molecule has 0 unspecified atom stereocenters. The van der Waals surface area contributed by atoms with Gasteiger partial charge in [-0.15, -0.1) is 0 Å². The summed E-state index contributed by atoms with van der Waals surface area (Å²) in [5.41, 5.74) is 1.16. The molecular formula is C19H24N2O3. The van der Waals surface area contributed by atoms with Crippen LogP contribution in [0.25, 0.3) is 0 Å². The van der Waals surface area contributed by atoms with Crippen molar-refractivity contribution in [1.29, 1.82) is 0 Å². The van der Waals surface area contributed by atoms with E-state index in [0.29, 0.717) is 24.5 Å². The molecule has 5 heteroatoms. The first-order valence-electron chi connectivity index (χ1n) is 9.21. The summed E-state index contributed by atoms with van der Waals surface area (Å²) >= 11 is 0. The van der Waals surface area contributed by atoms with Gasteiger partial charge in [-0.25, -0.2) is 0 Å². The van der Waals surface area contributed by atoms with E-state index in [1.807, 2.05) is 6.07 Å². The van der Waals surface area contributed by atoms with Gasteiger partial charge in [-0.1, -0.05) is 6.42 Å². The van der Waals surface area contributed by atoms with Gasteiger partial charge in [0.15, 0.2) is 11.5 Å². The summed E-state index contributed by atoms with van der Waals surface area (Å²) in [4.78, 5) is 17.3. The van der Waals surface area contributed by atoms with Crippen LogP contribution in [-0.4, -0.2) is 43.8 Å². The Morgan fingerprint density at radius 3 is 2.58 bits per heavy atom. The summed E-state index contributed by atoms with van der Waals surface area (Å²) in [5, 5.41) is 0. The largest absolute Gasteiger partial charge is 0.454 e. The molecule has 0 spiro atoms. The molecule has 0 N–H and O–H groups in total. The molecule has 4 aliphatic rings. The summed E-state index contributed by atoms with van der Waals surface area (Å²) < 4.78 is 10.8. The number of ether oxygens (including phenoxy) is 2. The molecule has 1 aromatic rings. The maximum Gasteiger partial charge on any atom is 0.231 e. The second-order valence-corrected chi connectivity index (χ2v) is 7.63. The molecule has 2 bridgehead atoms. The van der Waals surface area contributed by atoms with Crippen LogP contribution in [0.2, 0.25) is 0 Å². The molecule has 1 aromatic carbocycles. The van der Waals surface area contributed by atoms with Gasteiger partial charge >= 0.3 is 0 Å². The first kappa shape index (κ1) is 14.4. The smallest absolute Gasteiger partial charge is 0.231 e. The summed E-state index contributed by atoms with van der Waals surface area (Å²) in [6, 6.07) is 6.11. The van der Waals surface area contributed by atoms with Crippen LogP contribution in [0.1, 0.15) is 25.7 Å². The molecule has 3 atom stereocenters. The fraction of sp³-hybridized carbons (Fsp3) is 0.632. The number of piperazine rings is 1. The van der Waals surface area contributed by atoms with Gasteiger partial charge in [-0.3, -0.25) is 4.79 Å². The fourth-order valence-corrected chi connectivity index (χ4v) is 5.05. The molecule has 1 saturated heterocycles. The standard InChI is InChI=1S/C19H24N2O3/c22-19(16-10-13-1-2-14(16)9-13)21-7-5-20(6-8-21)15-3-4-17-18(11-15)24-12-23-17/h3-4,11,13-14,16H,1-2,5-10,12H2/t13-,14+,16-/m0/s1. The summed E-state index contributed by atoms with van der Waals surface area (Å²) in [6.07, 6.45) is 5.07. The third kappa shape index (κ3) is 2.33. The van der Waals surface area contributed by atoms with Crippen molar-refractivity contribution in [3.05, 3.63) is 18.2 Å². The first-order valence-corrected chi connectivity index (χ1v) is 9.21. The highest BCUT2D eigenvalue weighted by Gasteiger charge is 2.44. The van der Waals surface area contributed by atoms with E-state index >= 15 is 0 Å². The number of hydrogen-bond donors (Lipinski definition) is 0. The monoisotopic (exact) mass is 328 g/mol. The Kier molecular flexibility index (Phi) is 3.35. The Balaban J connectivity index is 1.22. The highest BCUT2D eigenvalue weighted by molar-refractivity contribution is 5.80. The lowest BCUT2D eigenvalue weighted by molar-refractivity contribution is -0.137. The normalized spacial score (nSPS) is 30.9. The highest BCUT2D eigenvalue weighted by atomic mass is 16.7. The van der Waals surface area contributed by atoms with Crippen molar-refractivity contribution in [1.82, 2.24) is 4.90 Å². The minimum absolute atomic E-state index is 0.310. The Morgan fingerprint density at radius 1 is 1.00 bits per heavy atom. The number of hydrogen-bond acceptors (Lipinski definition) is 4. The van der Waals surface area contributed by atoms with E-state index in [-0.39, 0.29) is 0 Å². The maximum atomic E-state index is 12.9. The summed E-state index contributed by atoms with van der Waals surface area (Å²) in [5.74, 6) is 3.90. The lowest BCUT2D eigenvalue weighted by Gasteiger charge is -2.38. The van der Waals surface area contributed by atoms with Crippen LogP contribution in [0.5, 0.6) is 11.5 Å². The Labute approximate surface area is 142 Å². The molecule has 2 saturated carbocycles. The van der Waals surface area contributed by atoms with Gasteiger partial charge in [0, 0.05) is 43.9 Å². The van der Waals surface area contributed by atoms with Gasteiger partial charge in [-0.2, -0.15) is 0 Å². The van der Waals surface area contributed by atoms with Gasteiger partial charge in [0.1, 0.15) is 0 Å². The zero-order valence-corrected chi connectivity index (χ0v) is 13.9. The SMILES string of the molecule is O=C([C@H]1C[C@H]2CC[C@@H]1C2)N1CCN(c2ccc3c(c2)OCO3)CC1. The van der Waals surface area contributed by atoms with E-state index in [0.717, 1.165) is 55.7 Å². The number of anilines is 1. The molecule has 24 heavy (non-hydrogen) atoms. The van der Waals surface area contributed by atoms with E-state index in [2.05, 4.69) is 21.9 Å². The van der Waals surface area contributed by atoms with Crippen molar-refractivity contribution in [2.24, 2.45) is 17.8 Å². The van der Waals surface area contributed by atoms with E-state index in [9.17, 15) is 4.79 Å². The van der Waals surface area contributed by atoms with Crippen LogP contribution in [0.3, 0.4) is 0 Å². The first-order chi connectivity index (χ1) is 11.8. The Morgan fingerprint density at radius 2 is 1.83 bits per heavy atom. The van der Waals surface area contributed by atoms with Gasteiger partial charge in [0.25, 0.3) is 0 Å². The topological polar surface area (TPSA) is 42.0 Å². The van der Waals surface area contributed by atoms with Crippen molar-refractivity contribution in [2.45, 2.75) is 25.7 Å². The zero-order valence-electron chi connectivity index (χ0n) is 13.9. The number of carbonyl (C=O) groups is 1. The number of fused-ring (bicyclic) bond motifs is 3. The average molecular weight is 328 g/mol. The van der Waals surface area contributed by atoms with E-state index in [1.54, 1.807) is 0 Å². The molecule has 128 valence electrons. The average Bonchev–Trinajstić information content (AvgIpc) is 3.36. The quantitative estimate of drug-likeness (QED) is 0.836. The molecule has 0 radical (unpaired) electrons. The Bertz CT molecular complexity index is 654. The minimum Gasteiger partial charge on any atom is -0.454 e. The van der Waals surface area contributed by atoms with Gasteiger partial charge < -0.3 is 19.3 Å². The fourth-order valence-electron chi connectivity index (χ4n) is 5.05. The van der Waals surface area contributed by atoms with Crippen LogP contribution >= 0.6 is 0 Å². The van der Waals surface area contributed by atoms with Crippen LogP contribution in [0.15, 0.2) is 18.2 Å². The van der Waals surface area contributed by atoms with Crippen molar-refractivity contribution in [2.75, 3.05) is 37.9 Å². The van der Waals surface area contributed by atoms with Crippen LogP contribution < -0.4 is 14.4 Å². The number of carbonyl (C=O) groups excluding carboxylic acids is 1. The second kappa shape index (κ2) is 5.57. The van der Waals surface area contributed by atoms with Crippen molar-refractivity contribution >= 4 is 11.6 Å². The molecule has 3 fully saturated rings. The molecule has 1 amide bonds. The van der Waals surface area contributed by atoms with Gasteiger partial charge in [0.05, 0.1) is 0 Å². The predicted molar refractivity (Wildman–Crippen MR) is 90.3 cm³/mol. The maximum absolute atomic E-state index is 12.9. The highest BCUT2D eigenvalue weighted by Crippen LogP contribution is 2.49. The molecule has 0 aromatic heterocycles. The number of rotatable bonds is 2. The van der Waals surface area contributed by atoms with E-state index in [4.69, 9.17) is 9.47 Å². The minimum atomic E-state index is 0.310. The molecule has 5 nitrogen and oxygen atoms in total. The van der Waals surface area contributed by atoms with Gasteiger partial charge in [-0.05, 0) is 43.2 Å². The van der Waals surface area contributed by atoms with Crippen molar-refractivity contribution < 1.29 is 14.3 Å². The molecular weight excluding hydrogens is 304 g/mol. The lowest BCUT2D eigenvalue weighted by Crippen LogP contribution is -2.51. The third-order valence-corrected chi connectivity index (χ3v) is 6.37. The number of benzene rings is 1. The second-order valence-electron chi connectivity index (χ2n) is 7.63. The summed E-state index contributed by atoms with van der Waals surface area (Å²) in [7, 11) is 0. The molecule has 2 aliphatic heterocycles. The third-order valence-electron chi connectivity index (χ3n) is 6.37. The molecule has 2 aliphatic carbocycles. The van der Waals surface area contributed by atoms with Crippen LogP contribution in [-0.2, 0) is 4.79 Å². The van der Waals surface area contributed by atoms with E-state index < -0.39 is 0 Å². The number of nitrogens with zero attached hydrogens (tertiary/aromatic N) is 2. The zero-order chi connectivity index (χ0) is 16.1. The van der Waals surface area contributed by atoms with Crippen molar-refractivity contribution in [3.63, 3.8) is 0 Å². The van der Waals surface area contributed by atoms with Crippen molar-refractivity contribution in [3.8, 4) is 11.5 Å². The van der Waals surface area contributed by atoms with Crippen LogP contribution in [0.4, 0.5) is 5.69 Å². The van der Waals surface area contributed by atoms with E-state index in [1.165, 1.54) is 19.3 Å². The molecule has 2 heterocycles. The van der Waals surface area contributed by atoms with Gasteiger partial charge in [0.2, 0.25) is 12.7 Å². The predicted octanol–water partition coefficient (Wildman–Crippen LogP) is 2.50.